The molecule has 0 atom stereocenters. The Morgan fingerprint density at radius 2 is 1.89 bits per heavy atom. The number of rotatable bonds is 3. The van der Waals surface area contributed by atoms with E-state index in [-0.39, 0.29) is 5.91 Å². The minimum Gasteiger partial charge on any atom is -0.367 e. The maximum atomic E-state index is 12.2. The molecular formula is C16H14N2O. The van der Waals surface area contributed by atoms with Gasteiger partial charge in [0.2, 0.25) is 0 Å². The number of fused-ring (bicyclic) bond motifs is 1. The quantitative estimate of drug-likeness (QED) is 0.737. The van der Waals surface area contributed by atoms with Gasteiger partial charge in [0.1, 0.15) is 0 Å². The molecule has 1 heterocycles. The summed E-state index contributed by atoms with van der Waals surface area (Å²) in [5.74, 6) is -0.0435. The molecule has 0 aliphatic rings. The number of nitrogens with one attached hydrogen (secondary N) is 2. The molecule has 0 fully saturated rings. The van der Waals surface area contributed by atoms with E-state index in [9.17, 15) is 4.79 Å². The first-order valence-electron chi connectivity index (χ1n) is 6.22. The molecule has 19 heavy (non-hydrogen) atoms. The summed E-state index contributed by atoms with van der Waals surface area (Å²) in [5.41, 5.74) is 1.78. The van der Waals surface area contributed by atoms with Crippen LogP contribution in [0.5, 0.6) is 0 Å². The number of amides is 1. The van der Waals surface area contributed by atoms with Crippen molar-refractivity contribution in [2.75, 3.05) is 0 Å². The molecule has 0 spiro atoms. The second-order valence-corrected chi connectivity index (χ2v) is 4.43. The molecular weight excluding hydrogens is 236 g/mol. The van der Waals surface area contributed by atoms with Crippen molar-refractivity contribution in [3.05, 3.63) is 72.1 Å². The Kier molecular flexibility index (Phi) is 3.02. The predicted octanol–water partition coefficient (Wildman–Crippen LogP) is 3.10. The van der Waals surface area contributed by atoms with Gasteiger partial charge in [0.15, 0.2) is 0 Å². The molecule has 1 amide bonds. The van der Waals surface area contributed by atoms with Gasteiger partial charge in [0.05, 0.1) is 0 Å². The fourth-order valence-corrected chi connectivity index (χ4v) is 2.17. The third kappa shape index (κ3) is 2.36. The highest BCUT2D eigenvalue weighted by Gasteiger charge is 2.08. The lowest BCUT2D eigenvalue weighted by atomic mass is 10.0. The van der Waals surface area contributed by atoms with Crippen molar-refractivity contribution in [2.24, 2.45) is 0 Å². The number of benzene rings is 2. The normalized spacial score (nSPS) is 10.5. The Hall–Kier alpha value is -2.55. The van der Waals surface area contributed by atoms with Crippen LogP contribution in [-0.4, -0.2) is 10.9 Å². The summed E-state index contributed by atoms with van der Waals surface area (Å²) in [6, 6.07) is 15.6. The molecule has 0 saturated carbocycles. The molecule has 3 rings (SSSR count). The molecule has 0 bridgehead atoms. The number of hydrogen-bond donors (Lipinski definition) is 2. The van der Waals surface area contributed by atoms with E-state index < -0.39 is 0 Å². The Balaban J connectivity index is 1.85. The van der Waals surface area contributed by atoms with E-state index in [2.05, 4.69) is 10.3 Å². The summed E-state index contributed by atoms with van der Waals surface area (Å²) in [7, 11) is 0. The van der Waals surface area contributed by atoms with Crippen molar-refractivity contribution in [1.29, 1.82) is 0 Å². The van der Waals surface area contributed by atoms with Crippen LogP contribution in [0.4, 0.5) is 0 Å². The lowest BCUT2D eigenvalue weighted by Gasteiger charge is -2.07. The highest BCUT2D eigenvalue weighted by atomic mass is 16.1. The number of carbonyl (C=O) groups excluding carboxylic acids is 1. The zero-order valence-electron chi connectivity index (χ0n) is 10.4. The fourth-order valence-electron chi connectivity index (χ4n) is 2.17. The highest BCUT2D eigenvalue weighted by molar-refractivity contribution is 6.06. The molecule has 2 N–H and O–H groups in total. The van der Waals surface area contributed by atoms with Gasteiger partial charge in [-0.2, -0.15) is 0 Å². The van der Waals surface area contributed by atoms with Crippen LogP contribution >= 0.6 is 0 Å². The Morgan fingerprint density at radius 3 is 2.74 bits per heavy atom. The summed E-state index contributed by atoms with van der Waals surface area (Å²) < 4.78 is 0. The minimum atomic E-state index is -0.0435. The van der Waals surface area contributed by atoms with E-state index in [1.54, 1.807) is 0 Å². The molecule has 0 radical (unpaired) electrons. The monoisotopic (exact) mass is 250 g/mol. The molecule has 0 aliphatic carbocycles. The predicted molar refractivity (Wildman–Crippen MR) is 75.9 cm³/mol. The van der Waals surface area contributed by atoms with Crippen LogP contribution in [0, 0.1) is 0 Å². The summed E-state index contributed by atoms with van der Waals surface area (Å²) in [6.07, 6.45) is 3.72. The molecule has 0 unspecified atom stereocenters. The Labute approximate surface area is 111 Å². The van der Waals surface area contributed by atoms with Crippen LogP contribution in [0.25, 0.3) is 10.8 Å². The summed E-state index contributed by atoms with van der Waals surface area (Å²) in [4.78, 5) is 15.2. The highest BCUT2D eigenvalue weighted by Crippen LogP contribution is 2.18. The SMILES string of the molecule is O=C(NCc1cc[nH]c1)c1cccc2ccccc12. The zero-order chi connectivity index (χ0) is 13.1. The first-order valence-corrected chi connectivity index (χ1v) is 6.22. The number of hydrogen-bond acceptors (Lipinski definition) is 1. The first kappa shape index (κ1) is 11.5. The van der Waals surface area contributed by atoms with Crippen molar-refractivity contribution in [1.82, 2.24) is 10.3 Å². The van der Waals surface area contributed by atoms with Gasteiger partial charge >= 0.3 is 0 Å². The van der Waals surface area contributed by atoms with Crippen LogP contribution in [-0.2, 0) is 6.54 Å². The van der Waals surface area contributed by atoms with Gasteiger partial charge in [-0.05, 0) is 28.5 Å². The minimum absolute atomic E-state index is 0.0435. The lowest BCUT2D eigenvalue weighted by Crippen LogP contribution is -2.22. The topological polar surface area (TPSA) is 44.9 Å². The van der Waals surface area contributed by atoms with Crippen molar-refractivity contribution in [3.63, 3.8) is 0 Å². The zero-order valence-corrected chi connectivity index (χ0v) is 10.4. The van der Waals surface area contributed by atoms with Gasteiger partial charge in [-0.15, -0.1) is 0 Å². The van der Waals surface area contributed by atoms with Crippen LogP contribution < -0.4 is 5.32 Å². The Morgan fingerprint density at radius 1 is 1.05 bits per heavy atom. The van der Waals surface area contributed by atoms with Gasteiger partial charge in [-0.3, -0.25) is 4.79 Å². The molecule has 0 saturated heterocycles. The Bertz CT molecular complexity index is 696. The maximum Gasteiger partial charge on any atom is 0.252 e. The lowest BCUT2D eigenvalue weighted by molar-refractivity contribution is 0.0952. The van der Waals surface area contributed by atoms with Crippen LogP contribution in [0.1, 0.15) is 15.9 Å². The fraction of sp³-hybridized carbons (Fsp3) is 0.0625. The first-order chi connectivity index (χ1) is 9.34. The molecule has 1 aromatic heterocycles. The smallest absolute Gasteiger partial charge is 0.252 e. The number of aromatic amines is 1. The molecule has 2 aromatic carbocycles. The third-order valence-corrected chi connectivity index (χ3v) is 3.15. The number of H-pyrrole nitrogens is 1. The molecule has 0 aliphatic heterocycles. The van der Waals surface area contributed by atoms with E-state index in [0.717, 1.165) is 16.3 Å². The number of carbonyl (C=O) groups is 1. The average Bonchev–Trinajstić information content (AvgIpc) is 2.97. The van der Waals surface area contributed by atoms with Crippen LogP contribution in [0.3, 0.4) is 0 Å². The van der Waals surface area contributed by atoms with Gasteiger partial charge in [-0.1, -0.05) is 36.4 Å². The van der Waals surface area contributed by atoms with Crippen LogP contribution in [0.2, 0.25) is 0 Å². The van der Waals surface area contributed by atoms with E-state index in [4.69, 9.17) is 0 Å². The molecule has 3 heteroatoms. The summed E-state index contributed by atoms with van der Waals surface area (Å²) in [6.45, 7) is 0.533. The van der Waals surface area contributed by atoms with Crippen molar-refractivity contribution in [2.45, 2.75) is 6.54 Å². The molecule has 94 valence electrons. The molecule has 3 aromatic rings. The standard InChI is InChI=1S/C16H14N2O/c19-16(18-11-12-8-9-17-10-12)15-7-3-5-13-4-1-2-6-14(13)15/h1-10,17H,11H2,(H,18,19). The van der Waals surface area contributed by atoms with Gasteiger partial charge < -0.3 is 10.3 Å². The number of aromatic nitrogens is 1. The second kappa shape index (κ2) is 4.98. The van der Waals surface area contributed by atoms with Gasteiger partial charge in [-0.25, -0.2) is 0 Å². The largest absolute Gasteiger partial charge is 0.367 e. The average molecular weight is 250 g/mol. The molecule has 3 nitrogen and oxygen atoms in total. The summed E-state index contributed by atoms with van der Waals surface area (Å²) >= 11 is 0. The van der Waals surface area contributed by atoms with Gasteiger partial charge in [0, 0.05) is 24.5 Å². The van der Waals surface area contributed by atoms with Crippen molar-refractivity contribution in [3.8, 4) is 0 Å². The van der Waals surface area contributed by atoms with E-state index in [0.29, 0.717) is 12.1 Å². The van der Waals surface area contributed by atoms with Crippen molar-refractivity contribution >= 4 is 16.7 Å². The van der Waals surface area contributed by atoms with Crippen LogP contribution in [0.15, 0.2) is 60.9 Å². The van der Waals surface area contributed by atoms with E-state index in [1.807, 2.05) is 60.9 Å². The van der Waals surface area contributed by atoms with E-state index >= 15 is 0 Å². The summed E-state index contributed by atoms with van der Waals surface area (Å²) in [5, 5.41) is 5.00. The van der Waals surface area contributed by atoms with E-state index in [1.165, 1.54) is 0 Å². The maximum absolute atomic E-state index is 12.2. The van der Waals surface area contributed by atoms with Crippen molar-refractivity contribution < 1.29 is 4.79 Å². The van der Waals surface area contributed by atoms with Gasteiger partial charge in [0.25, 0.3) is 5.91 Å². The third-order valence-electron chi connectivity index (χ3n) is 3.15. The second-order valence-electron chi connectivity index (χ2n) is 4.43.